The number of anilines is 1. The lowest BCUT2D eigenvalue weighted by Crippen LogP contribution is -2.21. The van der Waals surface area contributed by atoms with Crippen LogP contribution >= 0.6 is 0 Å². The van der Waals surface area contributed by atoms with Crippen LogP contribution in [-0.4, -0.2) is 20.6 Å². The standard InChI is InChI=1S/C15H22N2/c1-5-7-15(16-12-6-2)13-8-10-14(11-9-13)17(3)4/h1,8-11,15-16H,6-7,12H2,2-4H3. The third-order valence-electron chi connectivity index (χ3n) is 2.77. The monoisotopic (exact) mass is 230 g/mol. The molecule has 0 heterocycles. The molecule has 0 saturated heterocycles. The Balaban J connectivity index is 2.76. The lowest BCUT2D eigenvalue weighted by molar-refractivity contribution is 0.542. The minimum Gasteiger partial charge on any atom is -0.378 e. The third-order valence-corrected chi connectivity index (χ3v) is 2.77. The van der Waals surface area contributed by atoms with Crippen LogP contribution in [0, 0.1) is 12.3 Å². The highest BCUT2D eigenvalue weighted by Crippen LogP contribution is 2.20. The molecule has 0 fully saturated rings. The molecule has 0 aliphatic carbocycles. The maximum atomic E-state index is 5.42. The third kappa shape index (κ3) is 4.13. The van der Waals surface area contributed by atoms with E-state index in [0.29, 0.717) is 0 Å². The number of terminal acetylenes is 1. The van der Waals surface area contributed by atoms with E-state index in [1.54, 1.807) is 0 Å². The van der Waals surface area contributed by atoms with Crippen molar-refractivity contribution in [2.45, 2.75) is 25.8 Å². The highest BCUT2D eigenvalue weighted by molar-refractivity contribution is 5.46. The van der Waals surface area contributed by atoms with Gasteiger partial charge in [-0.2, -0.15) is 0 Å². The van der Waals surface area contributed by atoms with Gasteiger partial charge in [0, 0.05) is 32.2 Å². The topological polar surface area (TPSA) is 15.3 Å². The fraction of sp³-hybridized carbons (Fsp3) is 0.467. The first-order valence-electron chi connectivity index (χ1n) is 6.13. The van der Waals surface area contributed by atoms with Gasteiger partial charge in [0.25, 0.3) is 0 Å². The molecular weight excluding hydrogens is 208 g/mol. The van der Waals surface area contributed by atoms with E-state index < -0.39 is 0 Å². The van der Waals surface area contributed by atoms with Crippen LogP contribution < -0.4 is 10.2 Å². The first-order valence-corrected chi connectivity index (χ1v) is 6.13. The summed E-state index contributed by atoms with van der Waals surface area (Å²) in [4.78, 5) is 2.10. The van der Waals surface area contributed by atoms with Gasteiger partial charge in [0.1, 0.15) is 0 Å². The Labute approximate surface area is 105 Å². The van der Waals surface area contributed by atoms with Gasteiger partial charge in [-0.05, 0) is 30.7 Å². The van der Waals surface area contributed by atoms with Gasteiger partial charge in [-0.1, -0.05) is 19.1 Å². The molecule has 1 unspecified atom stereocenters. The van der Waals surface area contributed by atoms with Crippen molar-refractivity contribution >= 4 is 5.69 Å². The summed E-state index contributed by atoms with van der Waals surface area (Å²) in [6.45, 7) is 3.16. The molecule has 1 aromatic rings. The first-order chi connectivity index (χ1) is 8.19. The Morgan fingerprint density at radius 1 is 1.29 bits per heavy atom. The van der Waals surface area contributed by atoms with Gasteiger partial charge in [0.2, 0.25) is 0 Å². The maximum absolute atomic E-state index is 5.42. The van der Waals surface area contributed by atoms with Crippen molar-refractivity contribution in [3.8, 4) is 12.3 Å². The summed E-state index contributed by atoms with van der Waals surface area (Å²) in [6, 6.07) is 8.84. The number of hydrogen-bond acceptors (Lipinski definition) is 2. The highest BCUT2D eigenvalue weighted by atomic mass is 15.1. The number of hydrogen-bond donors (Lipinski definition) is 1. The second-order valence-electron chi connectivity index (χ2n) is 4.40. The molecule has 0 bridgehead atoms. The molecule has 17 heavy (non-hydrogen) atoms. The predicted octanol–water partition coefficient (Wildman–Crippen LogP) is 2.82. The van der Waals surface area contributed by atoms with Crippen molar-refractivity contribution in [1.29, 1.82) is 0 Å². The van der Waals surface area contributed by atoms with Crippen LogP contribution in [0.15, 0.2) is 24.3 Å². The molecule has 0 aliphatic heterocycles. The summed E-state index contributed by atoms with van der Waals surface area (Å²) in [6.07, 6.45) is 7.28. The van der Waals surface area contributed by atoms with Gasteiger partial charge in [0.05, 0.1) is 0 Å². The molecule has 1 N–H and O–H groups in total. The van der Waals surface area contributed by atoms with E-state index in [0.717, 1.165) is 19.4 Å². The minimum absolute atomic E-state index is 0.274. The van der Waals surface area contributed by atoms with Crippen molar-refractivity contribution in [2.75, 3.05) is 25.5 Å². The fourth-order valence-electron chi connectivity index (χ4n) is 1.75. The molecule has 0 saturated carbocycles. The summed E-state index contributed by atoms with van der Waals surface area (Å²) in [5, 5.41) is 3.48. The van der Waals surface area contributed by atoms with E-state index in [1.807, 2.05) is 14.1 Å². The molecule has 0 aromatic heterocycles. The number of nitrogens with one attached hydrogen (secondary N) is 1. The second kappa shape index (κ2) is 6.98. The Morgan fingerprint density at radius 3 is 2.41 bits per heavy atom. The molecule has 0 radical (unpaired) electrons. The van der Waals surface area contributed by atoms with Gasteiger partial charge in [-0.15, -0.1) is 12.3 Å². The van der Waals surface area contributed by atoms with Crippen LogP contribution in [0.25, 0.3) is 0 Å². The fourth-order valence-corrected chi connectivity index (χ4v) is 1.75. The van der Waals surface area contributed by atoms with Crippen molar-refractivity contribution in [3.05, 3.63) is 29.8 Å². The van der Waals surface area contributed by atoms with Crippen molar-refractivity contribution in [3.63, 3.8) is 0 Å². The van der Waals surface area contributed by atoms with Crippen LogP contribution in [-0.2, 0) is 0 Å². The largest absolute Gasteiger partial charge is 0.378 e. The Bertz CT molecular complexity index is 360. The average molecular weight is 230 g/mol. The number of rotatable bonds is 6. The molecule has 0 spiro atoms. The van der Waals surface area contributed by atoms with Crippen LogP contribution in [0.5, 0.6) is 0 Å². The minimum atomic E-state index is 0.274. The van der Waals surface area contributed by atoms with E-state index in [-0.39, 0.29) is 6.04 Å². The molecule has 2 heteroatoms. The van der Waals surface area contributed by atoms with Crippen molar-refractivity contribution in [1.82, 2.24) is 5.32 Å². The normalized spacial score (nSPS) is 11.9. The molecule has 0 amide bonds. The summed E-state index contributed by atoms with van der Waals surface area (Å²) in [5.41, 5.74) is 2.48. The van der Waals surface area contributed by atoms with Gasteiger partial charge in [0.15, 0.2) is 0 Å². The summed E-state index contributed by atoms with van der Waals surface area (Å²) in [7, 11) is 4.09. The quantitative estimate of drug-likeness (QED) is 0.756. The van der Waals surface area contributed by atoms with Gasteiger partial charge >= 0.3 is 0 Å². The first kappa shape index (κ1) is 13.6. The number of benzene rings is 1. The Morgan fingerprint density at radius 2 is 1.94 bits per heavy atom. The average Bonchev–Trinajstić information content (AvgIpc) is 2.34. The zero-order chi connectivity index (χ0) is 12.7. The van der Waals surface area contributed by atoms with E-state index >= 15 is 0 Å². The van der Waals surface area contributed by atoms with Crippen molar-refractivity contribution in [2.24, 2.45) is 0 Å². The zero-order valence-electron chi connectivity index (χ0n) is 11.0. The lowest BCUT2D eigenvalue weighted by Gasteiger charge is -2.18. The van der Waals surface area contributed by atoms with Gasteiger partial charge in [-0.25, -0.2) is 0 Å². The molecule has 2 nitrogen and oxygen atoms in total. The van der Waals surface area contributed by atoms with Crippen LogP contribution in [0.1, 0.15) is 31.4 Å². The molecule has 1 atom stereocenters. The van der Waals surface area contributed by atoms with Crippen LogP contribution in [0.3, 0.4) is 0 Å². The van der Waals surface area contributed by atoms with Crippen molar-refractivity contribution < 1.29 is 0 Å². The highest BCUT2D eigenvalue weighted by Gasteiger charge is 2.08. The molecule has 1 aromatic carbocycles. The second-order valence-corrected chi connectivity index (χ2v) is 4.40. The summed E-state index contributed by atoms with van der Waals surface area (Å²) >= 11 is 0. The molecule has 92 valence electrons. The van der Waals surface area contributed by atoms with Crippen LogP contribution in [0.2, 0.25) is 0 Å². The lowest BCUT2D eigenvalue weighted by atomic mass is 10.0. The van der Waals surface area contributed by atoms with E-state index in [1.165, 1.54) is 11.3 Å². The summed E-state index contributed by atoms with van der Waals surface area (Å²) in [5.74, 6) is 2.74. The Kier molecular flexibility index (Phi) is 5.59. The van der Waals surface area contributed by atoms with Gasteiger partial charge in [-0.3, -0.25) is 0 Å². The summed E-state index contributed by atoms with van der Waals surface area (Å²) < 4.78 is 0. The predicted molar refractivity (Wildman–Crippen MR) is 75.3 cm³/mol. The molecule has 0 aliphatic rings. The van der Waals surface area contributed by atoms with E-state index in [2.05, 4.69) is 47.3 Å². The zero-order valence-corrected chi connectivity index (χ0v) is 11.0. The van der Waals surface area contributed by atoms with Crippen LogP contribution in [0.4, 0.5) is 5.69 Å². The van der Waals surface area contributed by atoms with E-state index in [4.69, 9.17) is 6.42 Å². The SMILES string of the molecule is C#CCC(NCCC)c1ccc(N(C)C)cc1. The Hall–Kier alpha value is -1.46. The molecular formula is C15H22N2. The number of nitrogens with zero attached hydrogens (tertiary/aromatic N) is 1. The van der Waals surface area contributed by atoms with Gasteiger partial charge < -0.3 is 10.2 Å². The molecule has 1 rings (SSSR count). The maximum Gasteiger partial charge on any atom is 0.0430 e. The smallest absolute Gasteiger partial charge is 0.0430 e. The van der Waals surface area contributed by atoms with E-state index in [9.17, 15) is 0 Å².